The molecule has 148 heavy (non-hydrogen) atoms. The van der Waals surface area contributed by atoms with E-state index in [1.807, 2.05) is 78.0 Å². The number of amides is 13. The van der Waals surface area contributed by atoms with Gasteiger partial charge in [-0.25, -0.2) is 19.4 Å². The Bertz CT molecular complexity index is 5580. The number of cyclic esters (lactones) is 1. The average Bonchev–Trinajstić information content (AvgIpc) is 1.74. The van der Waals surface area contributed by atoms with Crippen LogP contribution in [-0.4, -0.2) is 269 Å². The van der Waals surface area contributed by atoms with Crippen molar-refractivity contribution in [3.8, 4) is 5.75 Å². The third-order valence-electron chi connectivity index (χ3n) is 25.1. The molecule has 0 bridgehead atoms. The molecule has 0 radical (unpaired) electrons. The van der Waals surface area contributed by atoms with Crippen LogP contribution in [0.3, 0.4) is 0 Å². The summed E-state index contributed by atoms with van der Waals surface area (Å²) in [6.45, 7) is 17.9. The number of aliphatic hydroxyl groups is 3. The van der Waals surface area contributed by atoms with Crippen molar-refractivity contribution in [3.05, 3.63) is 198 Å². The minimum atomic E-state index is -1.82. The Kier molecular flexibility index (Phi) is 47.4. The van der Waals surface area contributed by atoms with Gasteiger partial charge in [0.2, 0.25) is 65.5 Å². The van der Waals surface area contributed by atoms with Gasteiger partial charge in [0.1, 0.15) is 66.8 Å². The van der Waals surface area contributed by atoms with Crippen LogP contribution in [0, 0.1) is 29.1 Å². The summed E-state index contributed by atoms with van der Waals surface area (Å²) in [4.78, 5) is 193. The highest BCUT2D eigenvalue weighted by Gasteiger charge is 2.41. The van der Waals surface area contributed by atoms with Crippen LogP contribution in [0.4, 0.5) is 15.3 Å². The van der Waals surface area contributed by atoms with Gasteiger partial charge in [-0.05, 0) is 156 Å². The third-order valence-corrected chi connectivity index (χ3v) is 25.1. The van der Waals surface area contributed by atoms with E-state index in [1.165, 1.54) is 54.5 Å². The molecule has 2 saturated heterocycles. The summed E-state index contributed by atoms with van der Waals surface area (Å²) in [6, 6.07) is 5.32. The maximum Gasteiger partial charge on any atom is 0.408 e. The second kappa shape index (κ2) is 60.0. The number of aromatic hydroxyl groups is 1. The molecule has 3 aromatic carbocycles. The van der Waals surface area contributed by atoms with E-state index in [0.717, 1.165) is 30.4 Å². The largest absolute Gasteiger partial charge is 0.508 e. The molecule has 3 aromatic heterocycles. The number of imidazole rings is 1. The summed E-state index contributed by atoms with van der Waals surface area (Å²) in [5.41, 5.74) is 16.3. The number of esters is 1. The number of allylic oxidation sites excluding steroid dienone is 7. The molecule has 44 heteroatoms. The number of fused-ring (bicyclic) bond motifs is 1. The molecule has 3 aliphatic rings. The van der Waals surface area contributed by atoms with E-state index >= 15 is 9.59 Å². The molecule has 0 saturated carbocycles. The number of para-hydroxylation sites is 1. The zero-order chi connectivity index (χ0) is 107. The van der Waals surface area contributed by atoms with Crippen LogP contribution in [0.15, 0.2) is 170 Å². The predicted octanol–water partition coefficient (Wildman–Crippen LogP) is 4.28. The molecule has 3 aliphatic heterocycles. The number of phenolic OH excluding ortho intramolecular Hbond substituents is 1. The monoisotopic (exact) mass is 2050 g/mol. The Morgan fingerprint density at radius 1 is 0.696 bits per heavy atom. The molecule has 804 valence electrons. The number of phenols is 1. The number of primary amides is 1. The molecule has 0 spiro atoms. The highest BCUT2D eigenvalue weighted by atomic mass is 16.6. The molecular weight excluding hydrogens is 1910 g/mol. The Hall–Kier alpha value is -14.5. The smallest absolute Gasteiger partial charge is 0.408 e. The molecule has 17 atom stereocenters. The van der Waals surface area contributed by atoms with Crippen LogP contribution in [0.1, 0.15) is 174 Å². The lowest BCUT2D eigenvalue weighted by molar-refractivity contribution is -0.143. The number of carbonyl (C=O) groups excluding carboxylic acids is 13. The maximum absolute atomic E-state index is 15.3. The van der Waals surface area contributed by atoms with Crippen LogP contribution in [0.25, 0.3) is 10.9 Å². The number of H-pyrrole nitrogens is 2. The lowest BCUT2D eigenvalue weighted by Gasteiger charge is -2.39. The number of nitrogens with zero attached hydrogens (tertiary/aromatic N) is 5. The zero-order valence-electron chi connectivity index (χ0n) is 85.6. The number of aromatic nitrogens is 6. The number of aryl methyl sites for hydroxylation is 1. The Balaban J connectivity index is 0.847. The lowest BCUT2D eigenvalue weighted by Crippen LogP contribution is -2.61. The normalized spacial score (nSPS) is 18.4. The second-order valence-corrected chi connectivity index (χ2v) is 38.3. The van der Waals surface area contributed by atoms with Crippen LogP contribution in [-0.2, 0) is 111 Å². The number of ether oxygens (including phenoxy) is 4. The summed E-state index contributed by atoms with van der Waals surface area (Å²) in [5, 5.41) is 96.3. The molecular formula is C104H147N23O21. The number of aromatic amines is 2. The van der Waals surface area contributed by atoms with Crippen molar-refractivity contribution in [2.45, 2.75) is 276 Å². The number of hydrogen-bond donors (Lipinski definition) is 22. The van der Waals surface area contributed by atoms with E-state index in [2.05, 4.69) is 107 Å². The molecule has 13 amide bonds. The number of likely N-dealkylation sites (tertiary alicyclic amines) is 1. The summed E-state index contributed by atoms with van der Waals surface area (Å²) in [5.74, 6) is -9.22. The second-order valence-electron chi connectivity index (χ2n) is 38.3. The van der Waals surface area contributed by atoms with Gasteiger partial charge in [-0.2, -0.15) is 0 Å². The van der Waals surface area contributed by atoms with Gasteiger partial charge in [0, 0.05) is 125 Å². The number of alkyl carbamates (subject to hydrolysis) is 1. The number of benzene rings is 3. The molecule has 9 rings (SSSR count). The average molecular weight is 2060 g/mol. The minimum absolute atomic E-state index is 0.0128. The lowest BCUT2D eigenvalue weighted by atomic mass is 9.87. The standard InChI is InChI=1S/C104H147N23O21/c1-11-21-88-66(9)87(131)54-89(148-88)78(26-16-22-63(6)49-65(8)50-64(7)31-40-75-23-17-30-90(132)147-75)122-103(143)146-59-69-32-36-71(37-33-69)114-92(133)79(27-18-43-110-102(107)142)116-99(140)91(62(4)5)123-104(144)145-47-41-72-57-127(125-124-72)46-20-29-80(93(134)118-82(48-61(2)3)94(135)117-81(28-19-42-109-101(105)106)100(141)126-44-14-15-45-126)115-95(136)83(51-68-34-38-74(130)39-35-68)119-98(139)86(58-128)121-96(137)84(52-70-55-111-77-25-13-12-24-76(70)77)120-97(138)85(113-67(10)129)53-73-56-108-60-112-73/h11-13,16-17,21-22,24-26,30-40,50,55-57,60-62,65-66,75,78-89,91,104,111,123,128,130-131,144H,14-15,18-20,23,27-29,41-49,51-54,58-59H2,1-10H3,(H,108,112)(H,113,129)(H,114,133)(H,115,136)(H,116,140)(H,117,135)(H,118,134)(H,119,139)(H,120,138)(H,121,137)(H,122,143)(H4,105,106,109)(H3,107,110,142)/b21-11+,26-16+,40-31+,63-22+,64-50-/t65-,66+,75-,78-,79+,80+,81+,82+,83+,84+,85+,86+,87-,88+,89+,91+,104?/m1/s1. The van der Waals surface area contributed by atoms with Crippen molar-refractivity contribution in [2.24, 2.45) is 35.1 Å². The van der Waals surface area contributed by atoms with Gasteiger partial charge in [0.25, 0.3) is 0 Å². The highest BCUT2D eigenvalue weighted by molar-refractivity contribution is 6.00. The van der Waals surface area contributed by atoms with Gasteiger partial charge in [0.05, 0.1) is 61.3 Å². The van der Waals surface area contributed by atoms with E-state index in [4.69, 9.17) is 35.8 Å². The van der Waals surface area contributed by atoms with Crippen LogP contribution >= 0.6 is 0 Å². The minimum Gasteiger partial charge on any atom is -0.508 e. The van der Waals surface area contributed by atoms with E-state index in [0.29, 0.717) is 70.6 Å². The van der Waals surface area contributed by atoms with E-state index in [9.17, 15) is 73.2 Å². The number of rotatable bonds is 58. The number of hydrogen-bond acceptors (Lipinski definition) is 26. The van der Waals surface area contributed by atoms with Gasteiger partial charge in [-0.1, -0.05) is 149 Å². The topological polar surface area (TPSA) is 650 Å². The summed E-state index contributed by atoms with van der Waals surface area (Å²) in [6.07, 6.45) is 23.1. The molecule has 44 nitrogen and oxygen atoms in total. The summed E-state index contributed by atoms with van der Waals surface area (Å²) < 4.78 is 24.8. The Morgan fingerprint density at radius 2 is 1.32 bits per heavy atom. The van der Waals surface area contributed by atoms with E-state index in [-0.39, 0.29) is 151 Å². The van der Waals surface area contributed by atoms with Crippen LogP contribution in [0.2, 0.25) is 0 Å². The molecule has 6 aromatic rings. The fraction of sp³-hybridized carbons (Fsp3) is 0.510. The summed E-state index contributed by atoms with van der Waals surface area (Å²) >= 11 is 0. The van der Waals surface area contributed by atoms with Gasteiger partial charge < -0.3 is 130 Å². The van der Waals surface area contributed by atoms with Crippen LogP contribution in [0.5, 0.6) is 5.75 Å². The third kappa shape index (κ3) is 39.7. The number of aliphatic hydroxyl groups excluding tert-OH is 3. The van der Waals surface area contributed by atoms with Crippen molar-refractivity contribution < 1.29 is 102 Å². The Morgan fingerprint density at radius 3 is 1.98 bits per heavy atom. The first-order chi connectivity index (χ1) is 70.8. The fourth-order valence-corrected chi connectivity index (χ4v) is 17.3. The van der Waals surface area contributed by atoms with Crippen molar-refractivity contribution in [2.75, 3.05) is 44.7 Å². The zero-order valence-corrected chi connectivity index (χ0v) is 85.6. The molecule has 0 aliphatic carbocycles. The van der Waals surface area contributed by atoms with E-state index < -0.39 is 163 Å². The number of urea groups is 1. The molecule has 1 unspecified atom stereocenters. The van der Waals surface area contributed by atoms with Gasteiger partial charge in [0.15, 0.2) is 5.96 Å². The first-order valence-corrected chi connectivity index (χ1v) is 50.3. The summed E-state index contributed by atoms with van der Waals surface area (Å²) in [7, 11) is 0. The van der Waals surface area contributed by atoms with Gasteiger partial charge in [-0.15, -0.1) is 5.10 Å². The highest BCUT2D eigenvalue weighted by Crippen LogP contribution is 2.30. The van der Waals surface area contributed by atoms with Crippen molar-refractivity contribution in [3.63, 3.8) is 0 Å². The molecule has 2 fully saturated rings. The predicted molar refractivity (Wildman–Crippen MR) is 551 cm³/mol. The number of guanidine groups is 1. The molecule has 6 heterocycles. The van der Waals surface area contributed by atoms with Crippen molar-refractivity contribution in [1.29, 1.82) is 5.41 Å². The molecule has 24 N–H and O–H groups in total. The first kappa shape index (κ1) is 117. The van der Waals surface area contributed by atoms with Crippen molar-refractivity contribution in [1.82, 2.24) is 98.6 Å². The number of anilines is 1. The Labute approximate surface area is 860 Å². The fourth-order valence-electron chi connectivity index (χ4n) is 17.3. The van der Waals surface area contributed by atoms with E-state index in [1.54, 1.807) is 91.8 Å². The SMILES string of the molecule is C/C=C/[C@@H]1O[C@H]([C@@H](/C=C/C=C(\C)C[C@@H](C)/C=C(C)\C=C\[C@H]2CC=CC(=O)O2)NC(=O)OCc2ccc(NC(=O)[C@H](CCCNC(N)=O)NC(=O)[C@@H](NC(O)OCCc3cn(CCC[C@H](NC(=O)[C@H](Cc4ccc(O)cc4)NC(=O)[C@H](CO)NC(=O)[C@H](Cc4c[nH]c5ccccc45)NC(=O)[C@H](Cc4c[nH]cn4)NC(C)=O)C(=O)N[C@@H](CC(C)C)C(=O)N[C@@H](CCCNC(=N)N)C(=O)N4CCCC4)nn3)C(C)C)cc2)C[C@@H](O)[C@@H]1C. The van der Waals surface area contributed by atoms with Crippen molar-refractivity contribution >= 4 is 99.7 Å². The van der Waals surface area contributed by atoms with Gasteiger partial charge >= 0.3 is 18.1 Å². The number of carbonyl (C=O) groups is 13. The van der Waals surface area contributed by atoms with Crippen LogP contribution < -0.4 is 80.6 Å². The number of nitrogens with one attached hydrogen (secondary N) is 16. The van der Waals surface area contributed by atoms with Gasteiger partial charge in [-0.3, -0.25) is 63.4 Å². The maximum atomic E-state index is 15.3. The first-order valence-electron chi connectivity index (χ1n) is 50.3. The quantitative estimate of drug-likeness (QED) is 0.00482. The number of nitrogens with two attached hydrogens (primary N) is 2.